The molecule has 3 aromatic rings. The third kappa shape index (κ3) is 3.65. The lowest BCUT2D eigenvalue weighted by Crippen LogP contribution is -2.49. The fourth-order valence-electron chi connectivity index (χ4n) is 3.79. The fraction of sp³-hybridized carbons (Fsp3) is 0.273. The van der Waals surface area contributed by atoms with Gasteiger partial charge in [0.15, 0.2) is 5.16 Å². The zero-order valence-electron chi connectivity index (χ0n) is 17.3. The van der Waals surface area contributed by atoms with Crippen molar-refractivity contribution in [3.63, 3.8) is 0 Å². The number of nitrogens with one attached hydrogen (secondary N) is 2. The molecule has 0 spiro atoms. The number of para-hydroxylation sites is 2. The van der Waals surface area contributed by atoms with Crippen LogP contribution in [0.3, 0.4) is 0 Å². The molecule has 2 heterocycles. The van der Waals surface area contributed by atoms with E-state index < -0.39 is 23.4 Å². The number of fused-ring (bicyclic) bond motifs is 1. The summed E-state index contributed by atoms with van der Waals surface area (Å²) in [5, 5.41) is 4.24. The molecule has 4 amide bonds. The second kappa shape index (κ2) is 8.43. The Balaban J connectivity index is 1.47. The van der Waals surface area contributed by atoms with E-state index in [0.29, 0.717) is 23.7 Å². The number of carbonyl (C=O) groups excluding carboxylic acids is 3. The number of imidazole rings is 1. The molecule has 4 rings (SSSR count). The molecule has 9 heteroatoms. The van der Waals surface area contributed by atoms with E-state index in [-0.39, 0.29) is 5.75 Å². The summed E-state index contributed by atoms with van der Waals surface area (Å²) < 4.78 is 2.03. The van der Waals surface area contributed by atoms with Gasteiger partial charge in [-0.25, -0.2) is 9.78 Å². The van der Waals surface area contributed by atoms with E-state index in [0.717, 1.165) is 16.0 Å². The Morgan fingerprint density at radius 3 is 2.52 bits per heavy atom. The predicted octanol–water partition coefficient (Wildman–Crippen LogP) is 3.04. The number of urea groups is 1. The van der Waals surface area contributed by atoms with Gasteiger partial charge < -0.3 is 9.88 Å². The Bertz CT molecular complexity index is 1150. The Hall–Kier alpha value is -3.33. The molecule has 31 heavy (non-hydrogen) atoms. The number of amides is 4. The number of aryl methyl sites for hydroxylation is 1. The smallest absolute Gasteiger partial charge is 0.319 e. The van der Waals surface area contributed by atoms with E-state index >= 15 is 0 Å². The lowest BCUT2D eigenvalue weighted by atomic mass is 9.87. The number of nitrogens with zero attached hydrogens (tertiary/aromatic N) is 3. The Morgan fingerprint density at radius 1 is 1.10 bits per heavy atom. The molecule has 1 aliphatic rings. The molecule has 1 aromatic heterocycles. The molecule has 1 fully saturated rings. The van der Waals surface area contributed by atoms with Crippen LogP contribution >= 0.6 is 11.8 Å². The first-order valence-electron chi connectivity index (χ1n) is 10.1. The highest BCUT2D eigenvalue weighted by molar-refractivity contribution is 7.99. The number of hydrogen-bond acceptors (Lipinski definition) is 5. The van der Waals surface area contributed by atoms with Gasteiger partial charge in [-0.3, -0.25) is 15.0 Å². The second-order valence-electron chi connectivity index (χ2n) is 7.15. The monoisotopic (exact) mass is 437 g/mol. The first-order valence-corrected chi connectivity index (χ1v) is 11.1. The van der Waals surface area contributed by atoms with Gasteiger partial charge in [0.2, 0.25) is 5.91 Å². The fourth-order valence-corrected chi connectivity index (χ4v) is 4.67. The van der Waals surface area contributed by atoms with Crippen molar-refractivity contribution >= 4 is 40.6 Å². The maximum Gasteiger partial charge on any atom is 0.344 e. The summed E-state index contributed by atoms with van der Waals surface area (Å²) in [6.07, 6.45) is 0.364. The van der Waals surface area contributed by atoms with Crippen molar-refractivity contribution in [2.45, 2.75) is 37.5 Å². The first kappa shape index (κ1) is 20.9. The van der Waals surface area contributed by atoms with Crippen LogP contribution in [-0.2, 0) is 21.7 Å². The lowest BCUT2D eigenvalue weighted by molar-refractivity contribution is -0.138. The standard InChI is InChI=1S/C22H23N5O3S/c1-3-22(15-10-6-5-7-11-15)19(29)27(20(30)24-22)25-18(28)14-31-21-23-16-12-8-9-13-17(16)26(21)4-2/h5-13H,3-4,14H2,1-2H3,(H,24,30)(H,25,28). The van der Waals surface area contributed by atoms with E-state index in [1.807, 2.05) is 60.9 Å². The van der Waals surface area contributed by atoms with E-state index in [1.165, 1.54) is 11.8 Å². The van der Waals surface area contributed by atoms with Crippen molar-refractivity contribution < 1.29 is 14.4 Å². The van der Waals surface area contributed by atoms with Gasteiger partial charge in [0.25, 0.3) is 5.91 Å². The first-order chi connectivity index (χ1) is 15.0. The van der Waals surface area contributed by atoms with Gasteiger partial charge in [0, 0.05) is 6.54 Å². The number of aromatic nitrogens is 2. The molecule has 2 aromatic carbocycles. The van der Waals surface area contributed by atoms with E-state index in [9.17, 15) is 14.4 Å². The third-order valence-corrected chi connectivity index (χ3v) is 6.37. The van der Waals surface area contributed by atoms with Crippen LogP contribution in [-0.4, -0.2) is 38.2 Å². The van der Waals surface area contributed by atoms with Crippen molar-refractivity contribution in [2.75, 3.05) is 5.75 Å². The number of thioether (sulfide) groups is 1. The number of imide groups is 1. The Kier molecular flexibility index (Phi) is 5.69. The normalized spacial score (nSPS) is 18.5. The molecule has 1 unspecified atom stereocenters. The molecule has 1 saturated heterocycles. The van der Waals surface area contributed by atoms with Crippen LogP contribution in [0.5, 0.6) is 0 Å². The highest BCUT2D eigenvalue weighted by atomic mass is 32.2. The minimum absolute atomic E-state index is 0.0187. The summed E-state index contributed by atoms with van der Waals surface area (Å²) in [5.41, 5.74) is 3.80. The second-order valence-corrected chi connectivity index (χ2v) is 8.09. The van der Waals surface area contributed by atoms with Crippen molar-refractivity contribution in [2.24, 2.45) is 0 Å². The van der Waals surface area contributed by atoms with Crippen molar-refractivity contribution in [3.8, 4) is 0 Å². The molecule has 160 valence electrons. The molecular formula is C22H23N5O3S. The van der Waals surface area contributed by atoms with E-state index in [2.05, 4.69) is 15.7 Å². The molecule has 0 bridgehead atoms. The minimum Gasteiger partial charge on any atom is -0.319 e. The molecule has 2 N–H and O–H groups in total. The Morgan fingerprint density at radius 2 is 1.81 bits per heavy atom. The summed E-state index contributed by atoms with van der Waals surface area (Å²) in [6, 6.07) is 16.2. The predicted molar refractivity (Wildman–Crippen MR) is 118 cm³/mol. The zero-order chi connectivity index (χ0) is 22.0. The van der Waals surface area contributed by atoms with E-state index in [4.69, 9.17) is 0 Å². The number of benzene rings is 2. The number of carbonyl (C=O) groups is 3. The van der Waals surface area contributed by atoms with Gasteiger partial charge in [0.1, 0.15) is 5.54 Å². The topological polar surface area (TPSA) is 96.3 Å². The van der Waals surface area contributed by atoms with Crippen LogP contribution in [0.15, 0.2) is 59.8 Å². The molecule has 0 aliphatic carbocycles. The number of rotatable bonds is 7. The van der Waals surface area contributed by atoms with Crippen molar-refractivity contribution in [1.29, 1.82) is 0 Å². The molecular weight excluding hydrogens is 414 g/mol. The van der Waals surface area contributed by atoms with Crippen molar-refractivity contribution in [3.05, 3.63) is 60.2 Å². The van der Waals surface area contributed by atoms with Gasteiger partial charge in [-0.2, -0.15) is 5.01 Å². The summed E-state index contributed by atoms with van der Waals surface area (Å²) in [7, 11) is 0. The van der Waals surface area contributed by atoms with Crippen LogP contribution in [0.2, 0.25) is 0 Å². The van der Waals surface area contributed by atoms with Gasteiger partial charge in [0.05, 0.1) is 16.8 Å². The summed E-state index contributed by atoms with van der Waals surface area (Å²) in [5.74, 6) is -0.932. The maximum atomic E-state index is 13.1. The van der Waals surface area contributed by atoms with Gasteiger partial charge in [-0.15, -0.1) is 0 Å². The molecule has 1 atom stereocenters. The van der Waals surface area contributed by atoms with Crippen LogP contribution in [0.4, 0.5) is 4.79 Å². The van der Waals surface area contributed by atoms with Gasteiger partial charge >= 0.3 is 6.03 Å². The maximum absolute atomic E-state index is 13.1. The molecule has 0 radical (unpaired) electrons. The summed E-state index contributed by atoms with van der Waals surface area (Å²) in [6.45, 7) is 4.55. The van der Waals surface area contributed by atoms with Crippen LogP contribution in [0, 0.1) is 0 Å². The van der Waals surface area contributed by atoms with Gasteiger partial charge in [-0.05, 0) is 31.0 Å². The average molecular weight is 438 g/mol. The average Bonchev–Trinajstić information content (AvgIpc) is 3.28. The minimum atomic E-state index is -1.19. The van der Waals surface area contributed by atoms with Crippen LogP contribution in [0.25, 0.3) is 11.0 Å². The Labute approximate surface area is 184 Å². The SMILES string of the molecule is CCn1c(SCC(=O)NN2C(=O)NC(CC)(c3ccccc3)C2=O)nc2ccccc21. The highest BCUT2D eigenvalue weighted by Crippen LogP contribution is 2.31. The number of hydrazine groups is 1. The van der Waals surface area contributed by atoms with Crippen LogP contribution < -0.4 is 10.7 Å². The largest absolute Gasteiger partial charge is 0.344 e. The van der Waals surface area contributed by atoms with Crippen LogP contribution in [0.1, 0.15) is 25.8 Å². The third-order valence-electron chi connectivity index (χ3n) is 5.39. The zero-order valence-corrected chi connectivity index (χ0v) is 18.1. The number of hydrogen-bond donors (Lipinski definition) is 2. The lowest BCUT2D eigenvalue weighted by Gasteiger charge is -2.25. The summed E-state index contributed by atoms with van der Waals surface area (Å²) >= 11 is 1.26. The van der Waals surface area contributed by atoms with E-state index in [1.54, 1.807) is 12.1 Å². The summed E-state index contributed by atoms with van der Waals surface area (Å²) in [4.78, 5) is 42.8. The molecule has 1 aliphatic heterocycles. The van der Waals surface area contributed by atoms with Crippen molar-refractivity contribution in [1.82, 2.24) is 25.3 Å². The highest BCUT2D eigenvalue weighted by Gasteiger charge is 2.52. The molecule has 8 nitrogen and oxygen atoms in total. The quantitative estimate of drug-likeness (QED) is 0.438. The van der Waals surface area contributed by atoms with Gasteiger partial charge in [-0.1, -0.05) is 61.2 Å². The molecule has 0 saturated carbocycles.